The average molecular weight is 493 g/mol. The van der Waals surface area contributed by atoms with Crippen molar-refractivity contribution in [1.82, 2.24) is 0 Å². The van der Waals surface area contributed by atoms with E-state index in [0.717, 1.165) is 38.5 Å². The molecule has 3 aliphatic rings. The van der Waals surface area contributed by atoms with E-state index in [1.807, 2.05) is 0 Å². The van der Waals surface area contributed by atoms with E-state index in [2.05, 4.69) is 0 Å². The third kappa shape index (κ3) is 5.21. The molecule has 0 amide bonds. The summed E-state index contributed by atoms with van der Waals surface area (Å²) in [5, 5.41) is 0. The highest BCUT2D eigenvalue weighted by Gasteiger charge is 2.32. The first-order chi connectivity index (χ1) is 17.0. The second kappa shape index (κ2) is 10.5. The second-order valence-electron chi connectivity index (χ2n) is 10.2. The maximum Gasteiger partial charge on any atom is 0.200 e. The zero-order valence-corrected chi connectivity index (χ0v) is 20.0. The molecule has 3 fully saturated rings. The molecule has 3 nitrogen and oxygen atoms in total. The summed E-state index contributed by atoms with van der Waals surface area (Å²) in [5.74, 6) is -3.28. The van der Waals surface area contributed by atoms with E-state index >= 15 is 8.78 Å². The van der Waals surface area contributed by atoms with Crippen LogP contribution >= 0.6 is 0 Å². The van der Waals surface area contributed by atoms with Gasteiger partial charge in [0.1, 0.15) is 6.10 Å². The Kier molecular flexibility index (Phi) is 7.35. The van der Waals surface area contributed by atoms with Crippen LogP contribution in [0.1, 0.15) is 86.0 Å². The van der Waals surface area contributed by atoms with Crippen LogP contribution in [-0.4, -0.2) is 26.4 Å². The highest BCUT2D eigenvalue weighted by Crippen LogP contribution is 2.41. The van der Waals surface area contributed by atoms with Crippen LogP contribution in [-0.2, 0) is 9.47 Å². The largest absolute Gasteiger partial charge is 0.490 e. The summed E-state index contributed by atoms with van der Waals surface area (Å²) in [6.45, 7) is 0.671. The van der Waals surface area contributed by atoms with Gasteiger partial charge in [-0.15, -0.1) is 0 Å². The van der Waals surface area contributed by atoms with Crippen molar-refractivity contribution in [1.29, 1.82) is 0 Å². The Balaban J connectivity index is 1.16. The highest BCUT2D eigenvalue weighted by molar-refractivity contribution is 5.34. The second-order valence-corrected chi connectivity index (χ2v) is 10.2. The molecular weight excluding hydrogens is 460 g/mol. The first-order valence-electron chi connectivity index (χ1n) is 12.7. The molecule has 2 saturated carbocycles. The lowest BCUT2D eigenvalue weighted by atomic mass is 9.77. The van der Waals surface area contributed by atoms with E-state index in [1.54, 1.807) is 19.2 Å². The summed E-state index contributed by atoms with van der Waals surface area (Å²) in [5.41, 5.74) is 1.15. The van der Waals surface area contributed by atoms with Crippen LogP contribution in [0.25, 0.3) is 0 Å². The standard InChI is InChI=1S/C28H32F4O3/c1-33-19-8-6-18(7-9-19)21-11-10-20(25(29)26(21)30)17-4-2-16(3-5-17)14-34-23-13-12-22(24-15-35-24)27(31)28(23)32/h10-13,16-19,24H,2-9,14-15H2,1H3. The molecule has 0 N–H and O–H groups in total. The maximum absolute atomic E-state index is 15.1. The minimum Gasteiger partial charge on any atom is -0.490 e. The van der Waals surface area contributed by atoms with Crippen LogP contribution in [0.4, 0.5) is 17.6 Å². The molecule has 1 atom stereocenters. The van der Waals surface area contributed by atoms with Gasteiger partial charge in [0, 0.05) is 12.7 Å². The lowest BCUT2D eigenvalue weighted by molar-refractivity contribution is 0.0655. The molecule has 0 spiro atoms. The van der Waals surface area contributed by atoms with Gasteiger partial charge in [-0.05, 0) is 92.4 Å². The van der Waals surface area contributed by atoms with Gasteiger partial charge in [0.15, 0.2) is 23.2 Å². The van der Waals surface area contributed by atoms with Crippen LogP contribution in [0.15, 0.2) is 24.3 Å². The van der Waals surface area contributed by atoms with Crippen molar-refractivity contribution in [2.24, 2.45) is 5.92 Å². The zero-order valence-electron chi connectivity index (χ0n) is 20.0. The minimum atomic E-state index is -0.986. The van der Waals surface area contributed by atoms with Crippen molar-refractivity contribution < 1.29 is 31.8 Å². The number of hydrogen-bond donors (Lipinski definition) is 0. The first kappa shape index (κ1) is 24.6. The van der Waals surface area contributed by atoms with Crippen LogP contribution < -0.4 is 4.74 Å². The average Bonchev–Trinajstić information content (AvgIpc) is 3.72. The SMILES string of the molecule is COC1CCC(c2ccc(C3CCC(COc4ccc(C5CO5)c(F)c4F)CC3)c(F)c2F)CC1. The van der Waals surface area contributed by atoms with E-state index in [4.69, 9.17) is 14.2 Å². The number of halogens is 4. The summed E-state index contributed by atoms with van der Waals surface area (Å²) in [7, 11) is 1.70. The van der Waals surface area contributed by atoms with Crippen LogP contribution in [0.5, 0.6) is 5.75 Å². The number of rotatable bonds is 7. The Hall–Kier alpha value is -2.12. The van der Waals surface area contributed by atoms with Crippen molar-refractivity contribution in [3.63, 3.8) is 0 Å². The molecule has 190 valence electrons. The van der Waals surface area contributed by atoms with Gasteiger partial charge in [0.2, 0.25) is 5.82 Å². The molecule has 2 aromatic rings. The van der Waals surface area contributed by atoms with Crippen molar-refractivity contribution >= 4 is 0 Å². The Labute approximate surface area is 203 Å². The van der Waals surface area contributed by atoms with E-state index in [0.29, 0.717) is 30.6 Å². The van der Waals surface area contributed by atoms with E-state index in [9.17, 15) is 8.78 Å². The van der Waals surface area contributed by atoms with Gasteiger partial charge >= 0.3 is 0 Å². The van der Waals surface area contributed by atoms with Gasteiger partial charge in [0.05, 0.1) is 19.3 Å². The summed E-state index contributed by atoms with van der Waals surface area (Å²) >= 11 is 0. The predicted octanol–water partition coefficient (Wildman–Crippen LogP) is 7.34. The van der Waals surface area contributed by atoms with Crippen molar-refractivity contribution in [3.05, 3.63) is 64.2 Å². The highest BCUT2D eigenvalue weighted by atomic mass is 19.2. The van der Waals surface area contributed by atoms with Gasteiger partial charge < -0.3 is 14.2 Å². The first-order valence-corrected chi connectivity index (χ1v) is 12.7. The van der Waals surface area contributed by atoms with Crippen LogP contribution in [0.3, 0.4) is 0 Å². The molecule has 5 rings (SSSR count). The monoisotopic (exact) mass is 492 g/mol. The molecule has 7 heteroatoms. The van der Waals surface area contributed by atoms with E-state index in [-0.39, 0.29) is 47.9 Å². The third-order valence-electron chi connectivity index (χ3n) is 8.11. The molecule has 1 saturated heterocycles. The fourth-order valence-electron chi connectivity index (χ4n) is 5.80. The third-order valence-corrected chi connectivity index (χ3v) is 8.11. The van der Waals surface area contributed by atoms with Crippen LogP contribution in [0.2, 0.25) is 0 Å². The molecular formula is C28H32F4O3. The number of ether oxygens (including phenoxy) is 3. The maximum atomic E-state index is 15.1. The van der Waals surface area contributed by atoms with Gasteiger partial charge in [-0.1, -0.05) is 12.1 Å². The van der Waals surface area contributed by atoms with Crippen LogP contribution in [0, 0.1) is 29.2 Å². The van der Waals surface area contributed by atoms with Gasteiger partial charge in [-0.2, -0.15) is 4.39 Å². The molecule has 0 aromatic heterocycles. The predicted molar refractivity (Wildman–Crippen MR) is 124 cm³/mol. The van der Waals surface area contributed by atoms with E-state index in [1.165, 1.54) is 12.1 Å². The molecule has 2 aliphatic carbocycles. The minimum absolute atomic E-state index is 0.0361. The van der Waals surface area contributed by atoms with Crippen molar-refractivity contribution in [3.8, 4) is 5.75 Å². The van der Waals surface area contributed by atoms with Gasteiger partial charge in [-0.25, -0.2) is 13.2 Å². The number of epoxide rings is 1. The molecule has 0 bridgehead atoms. The number of benzene rings is 2. The van der Waals surface area contributed by atoms with Crippen molar-refractivity contribution in [2.45, 2.75) is 75.4 Å². The summed E-state index contributed by atoms with van der Waals surface area (Å²) < 4.78 is 74.6. The quantitative estimate of drug-likeness (QED) is 0.299. The smallest absolute Gasteiger partial charge is 0.200 e. The fourth-order valence-corrected chi connectivity index (χ4v) is 5.80. The Morgan fingerprint density at radius 1 is 0.714 bits per heavy atom. The molecule has 1 unspecified atom stereocenters. The normalized spacial score (nSPS) is 28.7. The summed E-state index contributed by atoms with van der Waals surface area (Å²) in [6.07, 6.45) is 6.12. The fraction of sp³-hybridized carbons (Fsp3) is 0.571. The van der Waals surface area contributed by atoms with Gasteiger partial charge in [-0.3, -0.25) is 0 Å². The number of hydrogen-bond acceptors (Lipinski definition) is 3. The van der Waals surface area contributed by atoms with E-state index < -0.39 is 23.3 Å². The molecule has 2 aromatic carbocycles. The molecule has 1 aliphatic heterocycles. The Morgan fingerprint density at radius 2 is 1.23 bits per heavy atom. The zero-order chi connectivity index (χ0) is 24.5. The van der Waals surface area contributed by atoms with Gasteiger partial charge in [0.25, 0.3) is 0 Å². The molecule has 35 heavy (non-hydrogen) atoms. The summed E-state index contributed by atoms with van der Waals surface area (Å²) in [4.78, 5) is 0. The Bertz CT molecular complexity index is 1040. The number of methoxy groups -OCH3 is 1. The topological polar surface area (TPSA) is 31.0 Å². The van der Waals surface area contributed by atoms with Crippen molar-refractivity contribution in [2.75, 3.05) is 20.3 Å². The lowest BCUT2D eigenvalue weighted by Gasteiger charge is -2.30. The lowest BCUT2D eigenvalue weighted by Crippen LogP contribution is -2.22. The summed E-state index contributed by atoms with van der Waals surface area (Å²) in [6, 6.07) is 6.49. The molecule has 0 radical (unpaired) electrons. The Morgan fingerprint density at radius 3 is 1.77 bits per heavy atom. The molecule has 1 heterocycles.